The van der Waals surface area contributed by atoms with Crippen LogP contribution in [0, 0.1) is 24.6 Å². The average Bonchev–Trinajstić information content (AvgIpc) is 2.28. The Morgan fingerprint density at radius 3 is 2.47 bits per heavy atom. The van der Waals surface area contributed by atoms with Gasteiger partial charge in [-0.1, -0.05) is 13.8 Å². The quantitative estimate of drug-likeness (QED) is 0.796. The molecule has 17 heavy (non-hydrogen) atoms. The van der Waals surface area contributed by atoms with E-state index in [4.69, 9.17) is 0 Å². The standard InChI is InChI=1S/C14H23FN2/c1-10(2)12(8-16-4)9-17-13-5-6-14(15)11(3)7-13/h5-7,10,12,16-17H,8-9H2,1-4H3. The van der Waals surface area contributed by atoms with E-state index in [0.29, 0.717) is 17.4 Å². The molecule has 0 saturated heterocycles. The van der Waals surface area contributed by atoms with E-state index in [-0.39, 0.29) is 5.82 Å². The first-order valence-electron chi connectivity index (χ1n) is 6.19. The lowest BCUT2D eigenvalue weighted by Gasteiger charge is -2.21. The van der Waals surface area contributed by atoms with Gasteiger partial charge in [-0.05, 0) is 56.1 Å². The first kappa shape index (κ1) is 14.0. The smallest absolute Gasteiger partial charge is 0.126 e. The van der Waals surface area contributed by atoms with Gasteiger partial charge in [0.1, 0.15) is 5.82 Å². The van der Waals surface area contributed by atoms with Crippen molar-refractivity contribution in [1.29, 1.82) is 0 Å². The normalized spacial score (nSPS) is 12.8. The van der Waals surface area contributed by atoms with Crippen LogP contribution < -0.4 is 10.6 Å². The zero-order valence-electron chi connectivity index (χ0n) is 11.2. The molecule has 1 atom stereocenters. The number of benzene rings is 1. The highest BCUT2D eigenvalue weighted by Crippen LogP contribution is 2.16. The van der Waals surface area contributed by atoms with E-state index in [2.05, 4.69) is 24.5 Å². The molecule has 0 fully saturated rings. The number of aryl methyl sites for hydroxylation is 1. The first-order chi connectivity index (χ1) is 8.04. The maximum Gasteiger partial charge on any atom is 0.126 e. The maximum atomic E-state index is 13.1. The molecule has 0 heterocycles. The van der Waals surface area contributed by atoms with E-state index in [1.165, 1.54) is 6.07 Å². The number of hydrogen-bond donors (Lipinski definition) is 2. The monoisotopic (exact) mass is 238 g/mol. The second-order valence-corrected chi connectivity index (χ2v) is 4.91. The van der Waals surface area contributed by atoms with Gasteiger partial charge >= 0.3 is 0 Å². The summed E-state index contributed by atoms with van der Waals surface area (Å²) < 4.78 is 13.1. The molecule has 1 rings (SSSR count). The second kappa shape index (κ2) is 6.60. The van der Waals surface area contributed by atoms with Gasteiger partial charge in [-0.25, -0.2) is 4.39 Å². The molecule has 0 radical (unpaired) electrons. The van der Waals surface area contributed by atoms with E-state index >= 15 is 0 Å². The largest absolute Gasteiger partial charge is 0.385 e. The highest BCUT2D eigenvalue weighted by Gasteiger charge is 2.12. The Labute approximate surface area is 104 Å². The number of rotatable bonds is 6. The van der Waals surface area contributed by atoms with Crippen LogP contribution in [0.3, 0.4) is 0 Å². The highest BCUT2D eigenvalue weighted by molar-refractivity contribution is 5.45. The van der Waals surface area contributed by atoms with Gasteiger partial charge in [0.25, 0.3) is 0 Å². The zero-order valence-corrected chi connectivity index (χ0v) is 11.2. The van der Waals surface area contributed by atoms with Gasteiger partial charge in [-0.3, -0.25) is 0 Å². The molecule has 1 aromatic rings. The van der Waals surface area contributed by atoms with Crippen molar-refractivity contribution in [3.05, 3.63) is 29.6 Å². The van der Waals surface area contributed by atoms with Gasteiger partial charge in [0.15, 0.2) is 0 Å². The summed E-state index contributed by atoms with van der Waals surface area (Å²) in [5, 5.41) is 6.58. The van der Waals surface area contributed by atoms with Crippen LogP contribution in [0.5, 0.6) is 0 Å². The Kier molecular flexibility index (Phi) is 5.42. The minimum Gasteiger partial charge on any atom is -0.385 e. The molecule has 2 nitrogen and oxygen atoms in total. The minimum atomic E-state index is -0.147. The fourth-order valence-corrected chi connectivity index (χ4v) is 1.81. The zero-order chi connectivity index (χ0) is 12.8. The van der Waals surface area contributed by atoms with Crippen LogP contribution in [0.15, 0.2) is 18.2 Å². The molecule has 0 aromatic heterocycles. The van der Waals surface area contributed by atoms with E-state index in [1.807, 2.05) is 13.1 Å². The van der Waals surface area contributed by atoms with Crippen molar-refractivity contribution < 1.29 is 4.39 Å². The van der Waals surface area contributed by atoms with E-state index < -0.39 is 0 Å². The van der Waals surface area contributed by atoms with Crippen LogP contribution in [0.1, 0.15) is 19.4 Å². The number of hydrogen-bond acceptors (Lipinski definition) is 2. The number of nitrogens with one attached hydrogen (secondary N) is 2. The molecule has 0 aliphatic carbocycles. The lowest BCUT2D eigenvalue weighted by Crippen LogP contribution is -2.29. The molecule has 2 N–H and O–H groups in total. The van der Waals surface area contributed by atoms with E-state index in [1.54, 1.807) is 13.0 Å². The fourth-order valence-electron chi connectivity index (χ4n) is 1.81. The third kappa shape index (κ3) is 4.35. The molecule has 1 aromatic carbocycles. The maximum absolute atomic E-state index is 13.1. The van der Waals surface area contributed by atoms with Gasteiger partial charge in [-0.2, -0.15) is 0 Å². The van der Waals surface area contributed by atoms with Crippen molar-refractivity contribution in [2.24, 2.45) is 11.8 Å². The predicted molar refractivity (Wildman–Crippen MR) is 71.9 cm³/mol. The van der Waals surface area contributed by atoms with Crippen LogP contribution >= 0.6 is 0 Å². The number of anilines is 1. The SMILES string of the molecule is CNCC(CNc1ccc(F)c(C)c1)C(C)C. The summed E-state index contributed by atoms with van der Waals surface area (Å²) in [6, 6.07) is 5.16. The van der Waals surface area contributed by atoms with Crippen LogP contribution in [0.2, 0.25) is 0 Å². The Morgan fingerprint density at radius 2 is 1.94 bits per heavy atom. The molecule has 1 unspecified atom stereocenters. The number of halogens is 1. The molecule has 3 heteroatoms. The molecule has 0 amide bonds. The van der Waals surface area contributed by atoms with Crippen molar-refractivity contribution in [2.75, 3.05) is 25.5 Å². The molecule has 96 valence electrons. The summed E-state index contributed by atoms with van der Waals surface area (Å²) in [5.41, 5.74) is 1.68. The van der Waals surface area contributed by atoms with Crippen molar-refractivity contribution in [3.8, 4) is 0 Å². The summed E-state index contributed by atoms with van der Waals surface area (Å²) in [4.78, 5) is 0. The van der Waals surface area contributed by atoms with Crippen LogP contribution in [0.25, 0.3) is 0 Å². The first-order valence-corrected chi connectivity index (χ1v) is 6.19. The topological polar surface area (TPSA) is 24.1 Å². The molecule has 0 spiro atoms. The molecular formula is C14H23FN2. The highest BCUT2D eigenvalue weighted by atomic mass is 19.1. The van der Waals surface area contributed by atoms with Crippen LogP contribution in [0.4, 0.5) is 10.1 Å². The summed E-state index contributed by atoms with van der Waals surface area (Å²) in [6.45, 7) is 8.13. The third-order valence-corrected chi connectivity index (χ3v) is 3.14. The lowest BCUT2D eigenvalue weighted by atomic mass is 9.95. The van der Waals surface area contributed by atoms with Gasteiger partial charge in [0.2, 0.25) is 0 Å². The van der Waals surface area contributed by atoms with Gasteiger partial charge in [-0.15, -0.1) is 0 Å². The predicted octanol–water partition coefficient (Wildman–Crippen LogP) is 3.04. The Balaban J connectivity index is 2.56. The van der Waals surface area contributed by atoms with E-state index in [0.717, 1.165) is 18.8 Å². The second-order valence-electron chi connectivity index (χ2n) is 4.91. The fraction of sp³-hybridized carbons (Fsp3) is 0.571. The van der Waals surface area contributed by atoms with Gasteiger partial charge in [0.05, 0.1) is 0 Å². The summed E-state index contributed by atoms with van der Waals surface area (Å²) in [6.07, 6.45) is 0. The Bertz CT molecular complexity index is 350. The molecule has 0 aliphatic rings. The van der Waals surface area contributed by atoms with Crippen LogP contribution in [-0.2, 0) is 0 Å². The van der Waals surface area contributed by atoms with E-state index in [9.17, 15) is 4.39 Å². The summed E-state index contributed by atoms with van der Waals surface area (Å²) >= 11 is 0. The van der Waals surface area contributed by atoms with Gasteiger partial charge in [0, 0.05) is 12.2 Å². The minimum absolute atomic E-state index is 0.147. The molecule has 0 saturated carbocycles. The Hall–Kier alpha value is -1.09. The van der Waals surface area contributed by atoms with Crippen molar-refractivity contribution in [3.63, 3.8) is 0 Å². The van der Waals surface area contributed by atoms with Crippen molar-refractivity contribution in [1.82, 2.24) is 5.32 Å². The van der Waals surface area contributed by atoms with Gasteiger partial charge < -0.3 is 10.6 Å². The lowest BCUT2D eigenvalue weighted by molar-refractivity contribution is 0.390. The Morgan fingerprint density at radius 1 is 1.24 bits per heavy atom. The summed E-state index contributed by atoms with van der Waals surface area (Å²) in [5.74, 6) is 1.05. The molecular weight excluding hydrogens is 215 g/mol. The third-order valence-electron chi connectivity index (χ3n) is 3.14. The molecule has 0 bridgehead atoms. The van der Waals surface area contributed by atoms with Crippen molar-refractivity contribution >= 4 is 5.69 Å². The summed E-state index contributed by atoms with van der Waals surface area (Å²) in [7, 11) is 1.97. The molecule has 0 aliphatic heterocycles. The van der Waals surface area contributed by atoms with Crippen molar-refractivity contribution in [2.45, 2.75) is 20.8 Å². The van der Waals surface area contributed by atoms with Crippen LogP contribution in [-0.4, -0.2) is 20.1 Å². The average molecular weight is 238 g/mol.